The lowest BCUT2D eigenvalue weighted by molar-refractivity contribution is 0.313. The van der Waals surface area contributed by atoms with Crippen LogP contribution in [0.4, 0.5) is 11.6 Å². The fourth-order valence-electron chi connectivity index (χ4n) is 4.54. The summed E-state index contributed by atoms with van der Waals surface area (Å²) in [5.41, 5.74) is 3.76. The predicted molar refractivity (Wildman–Crippen MR) is 141 cm³/mol. The SMILES string of the molecule is CCCC/C=C\Cn1c(=O)c2cnc(Nc3ccc4c(c3)CN(C)CC4)nc2n1-c1cccc(O)n1. The quantitative estimate of drug-likeness (QED) is 0.285. The Labute approximate surface area is 209 Å². The van der Waals surface area contributed by atoms with Gasteiger partial charge in [0, 0.05) is 31.0 Å². The van der Waals surface area contributed by atoms with Gasteiger partial charge in [0.15, 0.2) is 11.5 Å². The number of unbranched alkanes of at least 4 members (excludes halogenated alkanes) is 2. The van der Waals surface area contributed by atoms with Gasteiger partial charge in [0.25, 0.3) is 5.56 Å². The Morgan fingerprint density at radius 3 is 2.86 bits per heavy atom. The van der Waals surface area contributed by atoms with Crippen LogP contribution in [-0.2, 0) is 19.5 Å². The Kier molecular flexibility index (Phi) is 6.81. The van der Waals surface area contributed by atoms with E-state index in [-0.39, 0.29) is 11.4 Å². The van der Waals surface area contributed by atoms with E-state index in [9.17, 15) is 9.90 Å². The van der Waals surface area contributed by atoms with Gasteiger partial charge in [-0.25, -0.2) is 14.3 Å². The van der Waals surface area contributed by atoms with E-state index in [1.807, 2.05) is 12.1 Å². The lowest BCUT2D eigenvalue weighted by Crippen LogP contribution is -2.26. The highest BCUT2D eigenvalue weighted by molar-refractivity contribution is 5.77. The summed E-state index contributed by atoms with van der Waals surface area (Å²) in [5, 5.41) is 13.7. The predicted octanol–water partition coefficient (Wildman–Crippen LogP) is 4.16. The van der Waals surface area contributed by atoms with Gasteiger partial charge in [-0.15, -0.1) is 0 Å². The van der Waals surface area contributed by atoms with Crippen LogP contribution < -0.4 is 10.9 Å². The number of anilines is 2. The summed E-state index contributed by atoms with van der Waals surface area (Å²) in [6.07, 6.45) is 9.83. The first-order valence-corrected chi connectivity index (χ1v) is 12.4. The van der Waals surface area contributed by atoms with Gasteiger partial charge in [-0.1, -0.05) is 44.1 Å². The smallest absolute Gasteiger partial charge is 0.278 e. The van der Waals surface area contributed by atoms with Crippen LogP contribution in [0.2, 0.25) is 0 Å². The molecule has 0 bridgehead atoms. The van der Waals surface area contributed by atoms with Crippen LogP contribution in [0, 0.1) is 0 Å². The molecule has 0 atom stereocenters. The maximum absolute atomic E-state index is 13.3. The van der Waals surface area contributed by atoms with Crippen LogP contribution in [-0.4, -0.2) is 47.9 Å². The van der Waals surface area contributed by atoms with Crippen molar-refractivity contribution in [2.75, 3.05) is 18.9 Å². The molecule has 0 fully saturated rings. The number of likely N-dealkylation sites (N-methyl/N-ethyl adjacent to an activating group) is 1. The highest BCUT2D eigenvalue weighted by atomic mass is 16.3. The standard InChI is InChI=1S/C27H31N7O2/c1-3-4-5-6-7-14-33-26(36)22-17-28-27(31-25(22)34(33)23-9-8-10-24(35)30-23)29-21-12-11-19-13-15-32(2)18-20(19)16-21/h6-12,16-17H,3-5,13-15,18H2,1-2H3,(H,30,35)(H,28,29,31)/b7-6-. The second kappa shape index (κ2) is 10.3. The third kappa shape index (κ3) is 4.87. The molecule has 4 aromatic rings. The fraction of sp³-hybridized carbons (Fsp3) is 0.333. The summed E-state index contributed by atoms with van der Waals surface area (Å²) < 4.78 is 3.22. The van der Waals surface area contributed by atoms with E-state index in [1.54, 1.807) is 27.7 Å². The second-order valence-corrected chi connectivity index (χ2v) is 9.19. The Bertz CT molecular complexity index is 1470. The van der Waals surface area contributed by atoms with E-state index < -0.39 is 0 Å². The van der Waals surface area contributed by atoms with E-state index in [1.165, 1.54) is 17.2 Å². The first-order valence-electron chi connectivity index (χ1n) is 12.4. The van der Waals surface area contributed by atoms with E-state index >= 15 is 0 Å². The van der Waals surface area contributed by atoms with Crippen LogP contribution in [0.1, 0.15) is 37.3 Å². The number of hydrogen-bond donors (Lipinski definition) is 2. The molecule has 2 N–H and O–H groups in total. The van der Waals surface area contributed by atoms with Crippen molar-refractivity contribution in [3.8, 4) is 11.7 Å². The largest absolute Gasteiger partial charge is 0.493 e. The summed E-state index contributed by atoms with van der Waals surface area (Å²) in [7, 11) is 2.12. The zero-order valence-corrected chi connectivity index (χ0v) is 20.7. The highest BCUT2D eigenvalue weighted by Crippen LogP contribution is 2.24. The molecule has 3 aromatic heterocycles. The number of benzene rings is 1. The number of nitrogens with one attached hydrogen (secondary N) is 1. The average molecular weight is 486 g/mol. The monoisotopic (exact) mass is 485 g/mol. The van der Waals surface area contributed by atoms with Crippen LogP contribution in [0.3, 0.4) is 0 Å². The van der Waals surface area contributed by atoms with Gasteiger partial charge in [0.2, 0.25) is 11.8 Å². The number of fused-ring (bicyclic) bond motifs is 2. The number of allylic oxidation sites excluding steroid dienone is 2. The molecule has 0 spiro atoms. The maximum Gasteiger partial charge on any atom is 0.278 e. The number of aromatic nitrogens is 5. The van der Waals surface area contributed by atoms with Crippen LogP contribution in [0.25, 0.3) is 16.9 Å². The van der Waals surface area contributed by atoms with Crippen molar-refractivity contribution in [2.45, 2.75) is 45.7 Å². The van der Waals surface area contributed by atoms with Crippen molar-refractivity contribution in [3.05, 3.63) is 76.2 Å². The maximum atomic E-state index is 13.3. The molecular formula is C27H31N7O2. The Balaban J connectivity index is 1.54. The topological polar surface area (TPSA) is 101 Å². The minimum absolute atomic E-state index is 0.127. The van der Waals surface area contributed by atoms with Crippen molar-refractivity contribution in [1.29, 1.82) is 0 Å². The molecule has 9 nitrogen and oxygen atoms in total. The molecule has 9 heteroatoms. The minimum atomic E-state index is -0.210. The second-order valence-electron chi connectivity index (χ2n) is 9.19. The summed E-state index contributed by atoms with van der Waals surface area (Å²) >= 11 is 0. The lowest BCUT2D eigenvalue weighted by atomic mass is 9.99. The molecule has 0 saturated heterocycles. The highest BCUT2D eigenvalue weighted by Gasteiger charge is 2.19. The van der Waals surface area contributed by atoms with E-state index in [2.05, 4.69) is 52.4 Å². The fourth-order valence-corrected chi connectivity index (χ4v) is 4.54. The molecule has 1 aromatic carbocycles. The van der Waals surface area contributed by atoms with Crippen molar-refractivity contribution in [2.24, 2.45) is 0 Å². The zero-order valence-electron chi connectivity index (χ0n) is 20.7. The van der Waals surface area contributed by atoms with Gasteiger partial charge in [0.05, 0.1) is 6.54 Å². The number of aromatic hydroxyl groups is 1. The molecule has 1 aliphatic heterocycles. The van der Waals surface area contributed by atoms with Gasteiger partial charge < -0.3 is 15.3 Å². The number of hydrogen-bond acceptors (Lipinski definition) is 7. The van der Waals surface area contributed by atoms with Gasteiger partial charge in [-0.3, -0.25) is 4.79 Å². The van der Waals surface area contributed by atoms with Gasteiger partial charge in [-0.2, -0.15) is 9.97 Å². The number of nitrogens with zero attached hydrogens (tertiary/aromatic N) is 6. The van der Waals surface area contributed by atoms with Crippen LogP contribution in [0.5, 0.6) is 5.88 Å². The molecule has 0 amide bonds. The zero-order chi connectivity index (χ0) is 25.1. The Hall–Kier alpha value is -3.98. The normalized spacial score (nSPS) is 13.9. The molecule has 36 heavy (non-hydrogen) atoms. The first-order chi connectivity index (χ1) is 17.5. The van der Waals surface area contributed by atoms with Crippen molar-refractivity contribution >= 4 is 22.7 Å². The Morgan fingerprint density at radius 1 is 1.14 bits per heavy atom. The van der Waals surface area contributed by atoms with Gasteiger partial charge in [0.1, 0.15) is 5.39 Å². The molecule has 5 rings (SSSR count). The van der Waals surface area contributed by atoms with Crippen molar-refractivity contribution in [1.82, 2.24) is 29.2 Å². The lowest BCUT2D eigenvalue weighted by Gasteiger charge is -2.25. The van der Waals surface area contributed by atoms with E-state index in [4.69, 9.17) is 4.98 Å². The van der Waals surface area contributed by atoms with E-state index in [0.29, 0.717) is 29.3 Å². The summed E-state index contributed by atoms with van der Waals surface area (Å²) in [5.74, 6) is 0.667. The molecule has 0 radical (unpaired) electrons. The number of rotatable bonds is 8. The summed E-state index contributed by atoms with van der Waals surface area (Å²) in [4.78, 5) is 29.0. The van der Waals surface area contributed by atoms with Gasteiger partial charge >= 0.3 is 0 Å². The molecule has 1 aliphatic rings. The molecular weight excluding hydrogens is 454 g/mol. The third-order valence-corrected chi connectivity index (χ3v) is 6.45. The van der Waals surface area contributed by atoms with Crippen LogP contribution >= 0.6 is 0 Å². The molecule has 186 valence electrons. The van der Waals surface area contributed by atoms with Crippen LogP contribution in [0.15, 0.2) is 59.5 Å². The van der Waals surface area contributed by atoms with Gasteiger partial charge in [-0.05, 0) is 49.2 Å². The summed E-state index contributed by atoms with van der Waals surface area (Å²) in [6.45, 7) is 4.47. The minimum Gasteiger partial charge on any atom is -0.493 e. The molecule has 0 aliphatic carbocycles. The first kappa shape index (κ1) is 23.7. The van der Waals surface area contributed by atoms with Crippen molar-refractivity contribution in [3.63, 3.8) is 0 Å². The average Bonchev–Trinajstić information content (AvgIpc) is 3.14. The third-order valence-electron chi connectivity index (χ3n) is 6.45. The molecule has 0 unspecified atom stereocenters. The molecule has 0 saturated carbocycles. The van der Waals surface area contributed by atoms with E-state index in [0.717, 1.165) is 44.5 Å². The molecule has 4 heterocycles. The van der Waals surface area contributed by atoms with Crippen molar-refractivity contribution < 1.29 is 5.11 Å². The summed E-state index contributed by atoms with van der Waals surface area (Å²) in [6, 6.07) is 11.3. The Morgan fingerprint density at radius 2 is 2.03 bits per heavy atom. The number of pyridine rings is 1.